The Kier molecular flexibility index (Phi) is 4.95. The number of rotatable bonds is 6. The Hall–Kier alpha value is -3.20. The predicted octanol–water partition coefficient (Wildman–Crippen LogP) is 3.01. The lowest BCUT2D eigenvalue weighted by Gasteiger charge is -2.09. The molecule has 0 saturated heterocycles. The monoisotopic (exact) mass is 386 g/mol. The Morgan fingerprint density at radius 2 is 1.89 bits per heavy atom. The quantitative estimate of drug-likeness (QED) is 0.515. The molecule has 3 aromatic rings. The number of hydrogen-bond donors (Lipinski definition) is 1. The molecule has 0 aliphatic heterocycles. The molecule has 1 heterocycles. The summed E-state index contributed by atoms with van der Waals surface area (Å²) >= 11 is 0. The lowest BCUT2D eigenvalue weighted by molar-refractivity contribution is -0.384. The fourth-order valence-corrected chi connectivity index (χ4v) is 3.38. The van der Waals surface area contributed by atoms with E-state index in [4.69, 9.17) is 0 Å². The van der Waals surface area contributed by atoms with Crippen molar-refractivity contribution < 1.29 is 13.3 Å². The molecule has 0 atom stereocenters. The van der Waals surface area contributed by atoms with Crippen molar-refractivity contribution in [2.45, 2.75) is 11.4 Å². The minimum Gasteiger partial charge on any atom is -0.375 e. The molecule has 1 aromatic heterocycles. The molecule has 0 radical (unpaired) electrons. The van der Waals surface area contributed by atoms with Gasteiger partial charge >= 0.3 is 0 Å². The van der Waals surface area contributed by atoms with Gasteiger partial charge in [-0.2, -0.15) is 5.10 Å². The van der Waals surface area contributed by atoms with Crippen molar-refractivity contribution in [3.8, 4) is 11.3 Å². The molecular weight excluding hydrogens is 368 g/mol. The highest BCUT2D eigenvalue weighted by Crippen LogP contribution is 2.29. The van der Waals surface area contributed by atoms with Gasteiger partial charge in [0.25, 0.3) is 5.69 Å². The zero-order valence-corrected chi connectivity index (χ0v) is 15.6. The van der Waals surface area contributed by atoms with Crippen LogP contribution in [0.5, 0.6) is 0 Å². The van der Waals surface area contributed by atoms with Gasteiger partial charge in [-0.15, -0.1) is 0 Å². The van der Waals surface area contributed by atoms with E-state index >= 15 is 0 Å². The molecular formula is C18H18N4O4S. The van der Waals surface area contributed by atoms with Crippen LogP contribution in [0.3, 0.4) is 0 Å². The van der Waals surface area contributed by atoms with Crippen LogP contribution >= 0.6 is 0 Å². The second-order valence-electron chi connectivity index (χ2n) is 6.10. The van der Waals surface area contributed by atoms with Crippen LogP contribution in [0.25, 0.3) is 11.3 Å². The minimum absolute atomic E-state index is 0.0916. The summed E-state index contributed by atoms with van der Waals surface area (Å²) in [5, 5.41) is 18.8. The van der Waals surface area contributed by atoms with Crippen LogP contribution in [-0.4, -0.2) is 29.4 Å². The first-order valence-corrected chi connectivity index (χ1v) is 9.95. The van der Waals surface area contributed by atoms with E-state index in [0.29, 0.717) is 6.54 Å². The number of hydrogen-bond acceptors (Lipinski definition) is 6. The van der Waals surface area contributed by atoms with Crippen LogP contribution in [0.15, 0.2) is 59.6 Å². The number of nitro groups is 1. The van der Waals surface area contributed by atoms with Gasteiger partial charge in [0.1, 0.15) is 5.69 Å². The third-order valence-electron chi connectivity index (χ3n) is 4.02. The zero-order chi connectivity index (χ0) is 19.6. The van der Waals surface area contributed by atoms with Gasteiger partial charge in [-0.1, -0.05) is 30.3 Å². The van der Waals surface area contributed by atoms with E-state index in [2.05, 4.69) is 10.4 Å². The second kappa shape index (κ2) is 7.20. The van der Waals surface area contributed by atoms with Crippen LogP contribution in [0.2, 0.25) is 0 Å². The summed E-state index contributed by atoms with van der Waals surface area (Å²) in [6.07, 6.45) is 2.85. The first kappa shape index (κ1) is 18.6. The Morgan fingerprint density at radius 3 is 2.52 bits per heavy atom. The van der Waals surface area contributed by atoms with Gasteiger partial charge in [0.2, 0.25) is 0 Å². The summed E-state index contributed by atoms with van der Waals surface area (Å²) in [7, 11) is -1.72. The maximum Gasteiger partial charge on any atom is 0.293 e. The van der Waals surface area contributed by atoms with Crippen LogP contribution < -0.4 is 5.32 Å². The Labute approximate surface area is 156 Å². The van der Waals surface area contributed by atoms with Crippen molar-refractivity contribution in [3.05, 3.63) is 70.4 Å². The molecule has 2 aromatic carbocycles. The number of nitro benzene ring substituents is 1. The van der Waals surface area contributed by atoms with Gasteiger partial charge < -0.3 is 5.32 Å². The number of sulfone groups is 1. The lowest BCUT2D eigenvalue weighted by atomic mass is 10.1. The highest BCUT2D eigenvalue weighted by molar-refractivity contribution is 7.90. The largest absolute Gasteiger partial charge is 0.375 e. The number of aromatic nitrogens is 2. The van der Waals surface area contributed by atoms with Crippen molar-refractivity contribution in [2.75, 3.05) is 11.6 Å². The normalized spacial score (nSPS) is 11.3. The smallest absolute Gasteiger partial charge is 0.293 e. The maximum atomic E-state index is 11.6. The van der Waals surface area contributed by atoms with Crippen molar-refractivity contribution in [3.63, 3.8) is 0 Å². The Balaban J connectivity index is 1.91. The molecule has 0 bridgehead atoms. The molecule has 0 aliphatic carbocycles. The van der Waals surface area contributed by atoms with E-state index in [-0.39, 0.29) is 16.3 Å². The SMILES string of the molecule is Cn1cc(CNc2ccc(S(C)(=O)=O)cc2[N+](=O)[O-])c(-c2ccccc2)n1. The van der Waals surface area contributed by atoms with E-state index in [0.717, 1.165) is 29.1 Å². The van der Waals surface area contributed by atoms with Crippen molar-refractivity contribution in [2.24, 2.45) is 7.05 Å². The number of anilines is 1. The molecule has 0 unspecified atom stereocenters. The lowest BCUT2D eigenvalue weighted by Crippen LogP contribution is -2.05. The molecule has 8 nitrogen and oxygen atoms in total. The Bertz CT molecular complexity index is 1090. The predicted molar refractivity (Wildman–Crippen MR) is 102 cm³/mol. The summed E-state index contributed by atoms with van der Waals surface area (Å²) in [4.78, 5) is 10.7. The summed E-state index contributed by atoms with van der Waals surface area (Å²) in [5.41, 5.74) is 2.54. The second-order valence-corrected chi connectivity index (χ2v) is 8.12. The standard InChI is InChI=1S/C18H18N4O4S/c1-21-12-14(18(20-21)13-6-4-3-5-7-13)11-19-16-9-8-15(27(2,25)26)10-17(16)22(23)24/h3-10,12,19H,11H2,1-2H3. The fourth-order valence-electron chi connectivity index (χ4n) is 2.74. The van der Waals surface area contributed by atoms with Crippen molar-refractivity contribution >= 4 is 21.2 Å². The van der Waals surface area contributed by atoms with Crippen LogP contribution in [0.1, 0.15) is 5.56 Å². The van der Waals surface area contributed by atoms with Gasteiger partial charge in [-0.05, 0) is 12.1 Å². The first-order valence-electron chi connectivity index (χ1n) is 8.06. The topological polar surface area (TPSA) is 107 Å². The number of nitrogens with one attached hydrogen (secondary N) is 1. The van der Waals surface area contributed by atoms with E-state index in [9.17, 15) is 18.5 Å². The molecule has 0 amide bonds. The van der Waals surface area contributed by atoms with Crippen LogP contribution in [0, 0.1) is 10.1 Å². The molecule has 140 valence electrons. The highest BCUT2D eigenvalue weighted by atomic mass is 32.2. The van der Waals surface area contributed by atoms with Gasteiger partial charge in [0.15, 0.2) is 9.84 Å². The molecule has 1 N–H and O–H groups in total. The van der Waals surface area contributed by atoms with Gasteiger partial charge in [-0.3, -0.25) is 14.8 Å². The van der Waals surface area contributed by atoms with Gasteiger partial charge in [0.05, 0.1) is 15.5 Å². The molecule has 0 aliphatic rings. The Morgan fingerprint density at radius 1 is 1.19 bits per heavy atom. The first-order chi connectivity index (χ1) is 12.8. The summed E-state index contributed by atoms with van der Waals surface area (Å²) in [6.45, 7) is 0.303. The number of benzene rings is 2. The summed E-state index contributed by atoms with van der Waals surface area (Å²) in [6, 6.07) is 13.4. The van der Waals surface area contributed by atoms with E-state index in [1.165, 1.54) is 12.1 Å². The molecule has 27 heavy (non-hydrogen) atoms. The summed E-state index contributed by atoms with van der Waals surface area (Å²) in [5.74, 6) is 0. The molecule has 0 fully saturated rings. The number of aryl methyl sites for hydroxylation is 1. The van der Waals surface area contributed by atoms with Crippen molar-refractivity contribution in [1.82, 2.24) is 9.78 Å². The highest BCUT2D eigenvalue weighted by Gasteiger charge is 2.19. The number of nitrogens with zero attached hydrogens (tertiary/aromatic N) is 3. The van der Waals surface area contributed by atoms with Crippen molar-refractivity contribution in [1.29, 1.82) is 0 Å². The fraction of sp³-hybridized carbons (Fsp3) is 0.167. The average Bonchev–Trinajstić information content (AvgIpc) is 3.00. The molecule has 9 heteroatoms. The van der Waals surface area contributed by atoms with Crippen LogP contribution in [0.4, 0.5) is 11.4 Å². The average molecular weight is 386 g/mol. The molecule has 3 rings (SSSR count). The maximum absolute atomic E-state index is 11.6. The molecule has 0 spiro atoms. The van der Waals surface area contributed by atoms with Gasteiger partial charge in [0, 0.05) is 43.2 Å². The minimum atomic E-state index is -3.53. The third-order valence-corrected chi connectivity index (χ3v) is 5.13. The summed E-state index contributed by atoms with van der Waals surface area (Å²) < 4.78 is 25.0. The van der Waals surface area contributed by atoms with E-state index in [1.54, 1.807) is 11.7 Å². The zero-order valence-electron chi connectivity index (χ0n) is 14.8. The van der Waals surface area contributed by atoms with E-state index < -0.39 is 14.8 Å². The molecule has 0 saturated carbocycles. The van der Waals surface area contributed by atoms with Gasteiger partial charge in [-0.25, -0.2) is 8.42 Å². The third kappa shape index (κ3) is 4.14. The van der Waals surface area contributed by atoms with Crippen LogP contribution in [-0.2, 0) is 23.4 Å². The van der Waals surface area contributed by atoms with E-state index in [1.807, 2.05) is 36.5 Å².